The van der Waals surface area contributed by atoms with Crippen molar-refractivity contribution >= 4 is 24.2 Å². The summed E-state index contributed by atoms with van der Waals surface area (Å²) in [4.78, 5) is 25.5. The minimum atomic E-state index is -4.38. The highest BCUT2D eigenvalue weighted by molar-refractivity contribution is 6.21. The Morgan fingerprint density at radius 1 is 0.739 bits per heavy atom. The van der Waals surface area contributed by atoms with E-state index in [2.05, 4.69) is 0 Å². The zero-order valence-corrected chi connectivity index (χ0v) is 25.5. The molecule has 5 N–H and O–H groups in total. The second-order valence-corrected chi connectivity index (χ2v) is 8.86. The van der Waals surface area contributed by atoms with E-state index in [1.165, 1.54) is 24.3 Å². The Morgan fingerprint density at radius 3 is 1.41 bits per heavy atom. The van der Waals surface area contributed by atoms with Gasteiger partial charge in [-0.15, -0.1) is 12.4 Å². The third-order valence-corrected chi connectivity index (χ3v) is 5.65. The van der Waals surface area contributed by atoms with Crippen LogP contribution in [0.4, 0.5) is 26.3 Å². The number of aliphatic hydroxyl groups is 1. The number of imide groups is 1. The van der Waals surface area contributed by atoms with Crippen LogP contribution in [0.25, 0.3) is 0 Å². The molecule has 0 aliphatic carbocycles. The van der Waals surface area contributed by atoms with Gasteiger partial charge in [0.25, 0.3) is 11.8 Å². The fourth-order valence-electron chi connectivity index (χ4n) is 3.61. The second-order valence-electron chi connectivity index (χ2n) is 8.86. The van der Waals surface area contributed by atoms with Gasteiger partial charge in [0.05, 0.1) is 35.5 Å². The summed E-state index contributed by atoms with van der Waals surface area (Å²) in [5.41, 5.74) is 14.6. The zero-order valence-electron chi connectivity index (χ0n) is 24.7. The molecule has 9 nitrogen and oxygen atoms in total. The summed E-state index contributed by atoms with van der Waals surface area (Å²) < 4.78 is 84.5. The number of ether oxygens (including phenoxy) is 2. The molecule has 46 heavy (non-hydrogen) atoms. The average Bonchev–Trinajstić information content (AvgIpc) is 3.25. The predicted octanol–water partition coefficient (Wildman–Crippen LogP) is 7.47. The highest BCUT2D eigenvalue weighted by atomic mass is 35.5. The summed E-state index contributed by atoms with van der Waals surface area (Å²) in [5.74, 6) is 0.0528. The first-order valence-corrected chi connectivity index (χ1v) is 13.4. The molecule has 16 heteroatoms. The Kier molecular flexibility index (Phi) is 18.8. The van der Waals surface area contributed by atoms with Crippen LogP contribution in [-0.4, -0.2) is 54.7 Å². The lowest BCUT2D eigenvalue weighted by molar-refractivity contribution is -0.138. The van der Waals surface area contributed by atoms with Gasteiger partial charge in [0.1, 0.15) is 11.5 Å². The molecule has 256 valence electrons. The highest BCUT2D eigenvalue weighted by Gasteiger charge is 2.34. The Balaban J connectivity index is 0. The first-order valence-electron chi connectivity index (χ1n) is 13.4. The highest BCUT2D eigenvalue weighted by Crippen LogP contribution is 2.31. The van der Waals surface area contributed by atoms with Crippen molar-refractivity contribution in [3.8, 4) is 11.5 Å². The topological polar surface area (TPSA) is 150 Å². The number of hydrogen-bond acceptors (Lipinski definition) is 8. The number of hydrogen-bond donors (Lipinski definition) is 4. The van der Waals surface area contributed by atoms with E-state index in [-0.39, 0.29) is 45.4 Å². The number of nitrogens with one attached hydrogen (secondary N) is 2. The van der Waals surface area contributed by atoms with Gasteiger partial charge in [0.15, 0.2) is 0 Å². The average molecular weight is 683 g/mol. The van der Waals surface area contributed by atoms with Gasteiger partial charge < -0.3 is 20.3 Å². The molecule has 0 saturated carbocycles. The standard InChI is InChI=1S/C18H14F3NO3.C10H12F3NO.C2H6O.ClH.H2N2.H2/c19-18(20,21)12-6-8-13(9-7-12)25-11-3-10-22-16(23)14-4-1-2-5-15(14)17(22)24;11-10(12,13)8-2-4-9(5-3-8)15-7-1-6-14;1-2-3;;1-2;/h1-2,4-9H,3,10-11H2;2-5H,1,6-7,14H2;3H,2H2,1H3;1H;1-2H;1H. The lowest BCUT2D eigenvalue weighted by Crippen LogP contribution is -2.31. The molecule has 1 aliphatic rings. The van der Waals surface area contributed by atoms with Gasteiger partial charge in [0, 0.05) is 14.6 Å². The lowest BCUT2D eigenvalue weighted by atomic mass is 10.1. The predicted molar refractivity (Wildman–Crippen MR) is 162 cm³/mol. The van der Waals surface area contributed by atoms with E-state index in [0.29, 0.717) is 48.6 Å². The van der Waals surface area contributed by atoms with Gasteiger partial charge >= 0.3 is 12.4 Å². The van der Waals surface area contributed by atoms with Crippen molar-refractivity contribution in [3.63, 3.8) is 0 Å². The van der Waals surface area contributed by atoms with Crippen molar-refractivity contribution in [2.75, 3.05) is 32.9 Å². The first kappa shape index (κ1) is 41.8. The molecule has 0 unspecified atom stereocenters. The van der Waals surface area contributed by atoms with Crippen molar-refractivity contribution in [2.24, 2.45) is 5.73 Å². The Bertz CT molecular complexity index is 1300. The normalized spacial score (nSPS) is 11.8. The molecule has 0 saturated heterocycles. The van der Waals surface area contributed by atoms with Crippen LogP contribution < -0.4 is 15.2 Å². The Hall–Kier alpha value is -4.21. The van der Waals surface area contributed by atoms with E-state index in [1.807, 2.05) is 0 Å². The molecule has 3 aromatic carbocycles. The van der Waals surface area contributed by atoms with Crippen LogP contribution in [0.3, 0.4) is 0 Å². The van der Waals surface area contributed by atoms with Crippen LogP contribution in [0.5, 0.6) is 11.5 Å². The number of aliphatic hydroxyl groups excluding tert-OH is 1. The molecule has 0 atom stereocenters. The summed E-state index contributed by atoms with van der Waals surface area (Å²) in [5, 5.41) is 7.57. The number of amides is 2. The number of nitrogens with zero attached hydrogens (tertiary/aromatic N) is 1. The molecule has 1 heterocycles. The SMILES string of the molecule is CCO.Cl.N=N.NCCCOc1ccc(C(F)(F)F)cc1.O=C1c2ccccc2C(=O)N1CCCOc1ccc(C(F)(F)F)cc1.[HH]. The number of rotatable bonds is 9. The van der Waals surface area contributed by atoms with Gasteiger partial charge in [-0.1, -0.05) is 12.1 Å². The molecule has 0 spiro atoms. The van der Waals surface area contributed by atoms with Crippen LogP contribution >= 0.6 is 12.4 Å². The van der Waals surface area contributed by atoms with Crippen molar-refractivity contribution in [2.45, 2.75) is 32.1 Å². The molecule has 3 aromatic rings. The first-order chi connectivity index (χ1) is 21.3. The molecule has 0 bridgehead atoms. The second kappa shape index (κ2) is 20.7. The van der Waals surface area contributed by atoms with Crippen LogP contribution in [0.15, 0.2) is 72.8 Å². The summed E-state index contributed by atoms with van der Waals surface area (Å²) in [6.07, 6.45) is -7.62. The van der Waals surface area contributed by atoms with E-state index < -0.39 is 23.5 Å². The third-order valence-electron chi connectivity index (χ3n) is 5.65. The molecule has 4 rings (SSSR count). The molecular weight excluding hydrogens is 646 g/mol. The largest absolute Gasteiger partial charge is 0.494 e. The van der Waals surface area contributed by atoms with Gasteiger partial charge in [0.2, 0.25) is 0 Å². The summed E-state index contributed by atoms with van der Waals surface area (Å²) in [6.45, 7) is 3.22. The summed E-state index contributed by atoms with van der Waals surface area (Å²) in [6, 6.07) is 15.6. The number of carbonyl (C=O) groups excluding carboxylic acids is 2. The minimum absolute atomic E-state index is 0. The van der Waals surface area contributed by atoms with Crippen molar-refractivity contribution in [3.05, 3.63) is 95.1 Å². The fraction of sp³-hybridized carbons (Fsp3) is 0.333. The Labute approximate surface area is 269 Å². The third kappa shape index (κ3) is 13.4. The number of halogens is 7. The van der Waals surface area contributed by atoms with E-state index in [4.69, 9.17) is 31.4 Å². The van der Waals surface area contributed by atoms with Crippen molar-refractivity contribution in [1.29, 1.82) is 11.1 Å². The minimum Gasteiger partial charge on any atom is -0.494 e. The number of carbonyl (C=O) groups is 2. The maximum absolute atomic E-state index is 12.5. The maximum atomic E-state index is 12.5. The molecule has 0 aromatic heterocycles. The number of fused-ring (bicyclic) bond motifs is 1. The summed E-state index contributed by atoms with van der Waals surface area (Å²) in [7, 11) is 0. The smallest absolute Gasteiger partial charge is 0.416 e. The molecule has 0 radical (unpaired) electrons. The van der Waals surface area contributed by atoms with E-state index in [9.17, 15) is 35.9 Å². The van der Waals surface area contributed by atoms with Gasteiger partial charge in [-0.2, -0.15) is 26.3 Å². The number of nitrogens with two attached hydrogens (primary N) is 1. The van der Waals surface area contributed by atoms with Crippen LogP contribution in [0, 0.1) is 11.1 Å². The Morgan fingerprint density at radius 2 is 1.09 bits per heavy atom. The number of alkyl halides is 6. The van der Waals surface area contributed by atoms with Crippen molar-refractivity contribution in [1.82, 2.24) is 4.90 Å². The van der Waals surface area contributed by atoms with E-state index in [0.717, 1.165) is 29.2 Å². The molecule has 0 fully saturated rings. The van der Waals surface area contributed by atoms with E-state index in [1.54, 1.807) is 31.2 Å². The van der Waals surface area contributed by atoms with E-state index >= 15 is 0 Å². The van der Waals surface area contributed by atoms with Crippen LogP contribution in [0.1, 0.15) is 53.0 Å². The quantitative estimate of drug-likeness (QED) is 0.0796. The molecule has 1 aliphatic heterocycles. The lowest BCUT2D eigenvalue weighted by Gasteiger charge is -2.14. The molecular formula is C30H37ClF6N4O5. The van der Waals surface area contributed by atoms with Gasteiger partial charge in [-0.05, 0) is 87.0 Å². The fourth-order valence-corrected chi connectivity index (χ4v) is 3.61. The van der Waals surface area contributed by atoms with Crippen molar-refractivity contribution < 1.29 is 51.9 Å². The number of benzene rings is 3. The van der Waals surface area contributed by atoms with Gasteiger partial charge in [-0.3, -0.25) is 14.5 Å². The maximum Gasteiger partial charge on any atom is 0.416 e. The van der Waals surface area contributed by atoms with Gasteiger partial charge in [-0.25, -0.2) is 11.1 Å². The van der Waals surface area contributed by atoms with Crippen LogP contribution in [-0.2, 0) is 12.4 Å². The van der Waals surface area contributed by atoms with Crippen LogP contribution in [0.2, 0.25) is 0 Å². The molecule has 2 amide bonds. The summed E-state index contributed by atoms with van der Waals surface area (Å²) >= 11 is 0. The monoisotopic (exact) mass is 682 g/mol. The zero-order chi connectivity index (χ0) is 34.0.